The molecule has 11 heteroatoms. The number of piperidine rings is 1. The van der Waals surface area contributed by atoms with E-state index in [2.05, 4.69) is 25.5 Å². The minimum Gasteiger partial charge on any atom is -0.486 e. The van der Waals surface area contributed by atoms with Gasteiger partial charge in [0.05, 0.1) is 35.5 Å². The van der Waals surface area contributed by atoms with Crippen LogP contribution in [-0.2, 0) is 11.2 Å². The standard InChI is InChI=1S/C25H35ClN6O4/c1-25(2)13-16-21(27)17(26)12-15(22(16)36-25)23(33)30-18-7-11-32(14-19(18)34-3)10-5-8-28-24-29-9-6-20(31-24)35-4/h6,9,12,18-19H,5,7-8,10-11,13-14,27H2,1-4H3,(H,30,33)(H,28,29,31)/t18-,19+/m0/s1. The number of hydrogen-bond donors (Lipinski definition) is 3. The Labute approximate surface area is 216 Å². The van der Waals surface area contributed by atoms with Crippen molar-refractivity contribution < 1.29 is 19.0 Å². The van der Waals surface area contributed by atoms with E-state index in [1.807, 2.05) is 13.8 Å². The van der Waals surface area contributed by atoms with Gasteiger partial charge in [-0.2, -0.15) is 4.98 Å². The Balaban J connectivity index is 1.31. The molecule has 36 heavy (non-hydrogen) atoms. The Morgan fingerprint density at radius 3 is 2.94 bits per heavy atom. The molecule has 0 bridgehead atoms. The number of aromatic nitrogens is 2. The van der Waals surface area contributed by atoms with Gasteiger partial charge in [0.15, 0.2) is 0 Å². The normalized spacial score (nSPS) is 20.9. The molecule has 0 saturated carbocycles. The first-order chi connectivity index (χ1) is 17.2. The maximum absolute atomic E-state index is 13.3. The first kappa shape index (κ1) is 26.2. The number of rotatable bonds is 9. The molecule has 1 aromatic carbocycles. The lowest BCUT2D eigenvalue weighted by atomic mass is 9.97. The Morgan fingerprint density at radius 1 is 1.39 bits per heavy atom. The number of hydrogen-bond acceptors (Lipinski definition) is 9. The second-order valence-electron chi connectivity index (χ2n) is 9.81. The molecule has 2 aliphatic heterocycles. The molecule has 4 N–H and O–H groups in total. The van der Waals surface area contributed by atoms with Crippen LogP contribution in [0.1, 0.15) is 42.6 Å². The van der Waals surface area contributed by atoms with E-state index in [1.54, 1.807) is 32.5 Å². The van der Waals surface area contributed by atoms with E-state index in [4.69, 9.17) is 31.5 Å². The molecular weight excluding hydrogens is 484 g/mol. The lowest BCUT2D eigenvalue weighted by molar-refractivity contribution is 0.00634. The highest BCUT2D eigenvalue weighted by Gasteiger charge is 2.37. The molecule has 0 radical (unpaired) electrons. The number of carbonyl (C=O) groups is 1. The van der Waals surface area contributed by atoms with Crippen LogP contribution in [0.15, 0.2) is 18.3 Å². The predicted molar refractivity (Wildman–Crippen MR) is 139 cm³/mol. The summed E-state index contributed by atoms with van der Waals surface area (Å²) in [5.41, 5.74) is 7.42. The number of nitrogen functional groups attached to an aromatic ring is 1. The molecule has 0 aliphatic carbocycles. The summed E-state index contributed by atoms with van der Waals surface area (Å²) in [6, 6.07) is 3.19. The molecule has 1 aromatic heterocycles. The SMILES string of the molecule is COc1ccnc(NCCCN2CC[C@H](NC(=O)c3cc(Cl)c(N)c4c3OC(C)(C)C4)[C@H](OC)C2)n1. The molecule has 0 unspecified atom stereocenters. The Kier molecular flexibility index (Phi) is 8.07. The van der Waals surface area contributed by atoms with Crippen molar-refractivity contribution in [2.24, 2.45) is 0 Å². The van der Waals surface area contributed by atoms with Crippen molar-refractivity contribution in [1.82, 2.24) is 20.2 Å². The highest BCUT2D eigenvalue weighted by Crippen LogP contribution is 2.44. The van der Waals surface area contributed by atoms with Crippen molar-refractivity contribution in [2.45, 2.75) is 50.9 Å². The van der Waals surface area contributed by atoms with Gasteiger partial charge in [0.1, 0.15) is 11.4 Å². The Bertz CT molecular complexity index is 1100. The number of nitrogens with one attached hydrogen (secondary N) is 2. The number of likely N-dealkylation sites (tertiary alicyclic amines) is 1. The fourth-order valence-electron chi connectivity index (χ4n) is 4.78. The third-order valence-electron chi connectivity index (χ3n) is 6.63. The molecule has 4 rings (SSSR count). The van der Waals surface area contributed by atoms with Crippen molar-refractivity contribution in [3.05, 3.63) is 34.5 Å². The minimum absolute atomic E-state index is 0.122. The molecule has 0 spiro atoms. The smallest absolute Gasteiger partial charge is 0.255 e. The third kappa shape index (κ3) is 5.93. The highest BCUT2D eigenvalue weighted by atomic mass is 35.5. The molecule has 1 amide bonds. The van der Waals surface area contributed by atoms with Gasteiger partial charge in [-0.15, -0.1) is 0 Å². The van der Waals surface area contributed by atoms with E-state index in [9.17, 15) is 4.79 Å². The molecule has 3 heterocycles. The van der Waals surface area contributed by atoms with Crippen LogP contribution < -0.4 is 25.8 Å². The van der Waals surface area contributed by atoms with Crippen LogP contribution in [0, 0.1) is 0 Å². The monoisotopic (exact) mass is 518 g/mol. The number of anilines is 2. The second kappa shape index (κ2) is 11.1. The van der Waals surface area contributed by atoms with Crippen molar-refractivity contribution in [2.75, 3.05) is 51.4 Å². The number of amides is 1. The number of nitrogens with two attached hydrogens (primary N) is 1. The summed E-state index contributed by atoms with van der Waals surface area (Å²) in [6.07, 6.45) is 3.82. The highest BCUT2D eigenvalue weighted by molar-refractivity contribution is 6.33. The maximum atomic E-state index is 13.3. The van der Waals surface area contributed by atoms with Crippen molar-refractivity contribution >= 4 is 29.1 Å². The Morgan fingerprint density at radius 2 is 2.19 bits per heavy atom. The molecule has 1 fully saturated rings. The van der Waals surface area contributed by atoms with Gasteiger partial charge in [0.2, 0.25) is 11.8 Å². The second-order valence-corrected chi connectivity index (χ2v) is 10.2. The number of halogens is 1. The fourth-order valence-corrected chi connectivity index (χ4v) is 5.00. The first-order valence-electron chi connectivity index (χ1n) is 12.2. The molecular formula is C25H35ClN6O4. The number of benzene rings is 1. The minimum atomic E-state index is -0.440. The van der Waals surface area contributed by atoms with E-state index in [0.717, 1.165) is 44.6 Å². The van der Waals surface area contributed by atoms with Gasteiger partial charge in [0.25, 0.3) is 5.91 Å². The molecule has 1 saturated heterocycles. The number of fused-ring (bicyclic) bond motifs is 1. The molecule has 10 nitrogen and oxygen atoms in total. The zero-order valence-electron chi connectivity index (χ0n) is 21.3. The van der Waals surface area contributed by atoms with E-state index in [1.165, 1.54) is 0 Å². The van der Waals surface area contributed by atoms with E-state index in [0.29, 0.717) is 40.3 Å². The predicted octanol–water partition coefficient (Wildman–Crippen LogP) is 2.76. The van der Waals surface area contributed by atoms with Crippen LogP contribution in [0.3, 0.4) is 0 Å². The molecule has 2 aromatic rings. The fraction of sp³-hybridized carbons (Fsp3) is 0.560. The van der Waals surface area contributed by atoms with Gasteiger partial charge in [0, 0.05) is 51.0 Å². The van der Waals surface area contributed by atoms with Gasteiger partial charge >= 0.3 is 0 Å². The van der Waals surface area contributed by atoms with Gasteiger partial charge < -0.3 is 35.5 Å². The summed E-state index contributed by atoms with van der Waals surface area (Å²) in [5.74, 6) is 1.38. The van der Waals surface area contributed by atoms with Crippen molar-refractivity contribution in [3.8, 4) is 11.6 Å². The zero-order chi connectivity index (χ0) is 25.9. The topological polar surface area (TPSA) is 124 Å². The van der Waals surface area contributed by atoms with Crippen molar-refractivity contribution in [3.63, 3.8) is 0 Å². The summed E-state index contributed by atoms with van der Waals surface area (Å²) in [6.45, 7) is 7.14. The lowest BCUT2D eigenvalue weighted by Crippen LogP contribution is -2.55. The Hall–Kier alpha value is -2.82. The largest absolute Gasteiger partial charge is 0.486 e. The van der Waals surface area contributed by atoms with Gasteiger partial charge in [-0.25, -0.2) is 4.98 Å². The summed E-state index contributed by atoms with van der Waals surface area (Å²) in [7, 11) is 3.26. The molecule has 2 aliphatic rings. The van der Waals surface area contributed by atoms with Crippen LogP contribution >= 0.6 is 11.6 Å². The summed E-state index contributed by atoms with van der Waals surface area (Å²) >= 11 is 6.36. The van der Waals surface area contributed by atoms with Crippen LogP contribution in [0.5, 0.6) is 11.6 Å². The molecule has 196 valence electrons. The van der Waals surface area contributed by atoms with Gasteiger partial charge in [-0.3, -0.25) is 4.79 Å². The number of methoxy groups -OCH3 is 2. The van der Waals surface area contributed by atoms with Gasteiger partial charge in [-0.1, -0.05) is 11.6 Å². The lowest BCUT2D eigenvalue weighted by Gasteiger charge is -2.38. The maximum Gasteiger partial charge on any atom is 0.255 e. The van der Waals surface area contributed by atoms with E-state index < -0.39 is 5.60 Å². The van der Waals surface area contributed by atoms with Crippen molar-refractivity contribution in [1.29, 1.82) is 0 Å². The first-order valence-corrected chi connectivity index (χ1v) is 12.6. The van der Waals surface area contributed by atoms with E-state index in [-0.39, 0.29) is 18.1 Å². The van der Waals surface area contributed by atoms with Crippen LogP contribution in [-0.4, -0.2) is 78.9 Å². The number of carbonyl (C=O) groups excluding carboxylic acids is 1. The quantitative estimate of drug-likeness (QED) is 0.339. The number of ether oxygens (including phenoxy) is 3. The van der Waals surface area contributed by atoms with E-state index >= 15 is 0 Å². The third-order valence-corrected chi connectivity index (χ3v) is 6.95. The zero-order valence-corrected chi connectivity index (χ0v) is 22.0. The summed E-state index contributed by atoms with van der Waals surface area (Å²) in [5, 5.41) is 6.74. The van der Waals surface area contributed by atoms with Crippen LogP contribution in [0.2, 0.25) is 5.02 Å². The molecule has 2 atom stereocenters. The van der Waals surface area contributed by atoms with Crippen LogP contribution in [0.25, 0.3) is 0 Å². The number of nitrogens with zero attached hydrogens (tertiary/aromatic N) is 3. The van der Waals surface area contributed by atoms with Crippen LogP contribution in [0.4, 0.5) is 11.6 Å². The summed E-state index contributed by atoms with van der Waals surface area (Å²) in [4.78, 5) is 24.1. The van der Waals surface area contributed by atoms with Gasteiger partial charge in [-0.05, 0) is 39.3 Å². The average molecular weight is 519 g/mol. The average Bonchev–Trinajstić information content (AvgIpc) is 3.20. The summed E-state index contributed by atoms with van der Waals surface area (Å²) < 4.78 is 17.0.